The largest absolute Gasteiger partial charge is 0.466 e. The fourth-order valence-electron chi connectivity index (χ4n) is 4.74. The highest BCUT2D eigenvalue weighted by molar-refractivity contribution is 8.13. The van der Waals surface area contributed by atoms with Crippen molar-refractivity contribution in [3.63, 3.8) is 0 Å². The number of nitrogens with zero attached hydrogens (tertiary/aromatic N) is 1. The first-order chi connectivity index (χ1) is 26.0. The molecule has 0 spiro atoms. The molecule has 13 nitrogen and oxygen atoms in total. The van der Waals surface area contributed by atoms with E-state index in [1.807, 2.05) is 0 Å². The maximum atomic E-state index is 13.7. The lowest BCUT2D eigenvalue weighted by atomic mass is 9.86. The van der Waals surface area contributed by atoms with E-state index in [1.165, 1.54) is 29.6 Å². The van der Waals surface area contributed by atoms with Crippen LogP contribution in [0, 0.1) is 5.41 Å². The van der Waals surface area contributed by atoms with Crippen LogP contribution in [0.5, 0.6) is 0 Å². The van der Waals surface area contributed by atoms with E-state index in [-0.39, 0.29) is 36.1 Å². The van der Waals surface area contributed by atoms with Crippen molar-refractivity contribution in [1.82, 2.24) is 20.9 Å². The summed E-state index contributed by atoms with van der Waals surface area (Å²) >= 11 is 2.42. The van der Waals surface area contributed by atoms with Crippen LogP contribution < -0.4 is 16.0 Å². The Bertz CT molecular complexity index is 1510. The minimum Gasteiger partial charge on any atom is -0.466 e. The smallest absolute Gasteiger partial charge is 0.408 e. The van der Waals surface area contributed by atoms with Gasteiger partial charge in [0.25, 0.3) is 11.8 Å². The second-order valence-electron chi connectivity index (χ2n) is 16.7. The monoisotopic (exact) mass is 838 g/mol. The third-order valence-electron chi connectivity index (χ3n) is 7.86. The quantitative estimate of drug-likeness (QED) is 0.0242. The predicted octanol–water partition coefficient (Wildman–Crippen LogP) is 8.08. The maximum absolute atomic E-state index is 13.7. The number of aromatic nitrogens is 1. The zero-order chi connectivity index (χ0) is 42.5. The van der Waals surface area contributed by atoms with Crippen LogP contribution in [0.1, 0.15) is 122 Å². The summed E-state index contributed by atoms with van der Waals surface area (Å²) in [7, 11) is -1.45. The average Bonchev–Trinajstić information content (AvgIpc) is 3.55. The second kappa shape index (κ2) is 25.0. The molecule has 0 aliphatic carbocycles. The van der Waals surface area contributed by atoms with Crippen LogP contribution in [-0.2, 0) is 39.9 Å². The molecule has 16 heteroatoms. The fourth-order valence-corrected chi connectivity index (χ4v) is 6.94. The number of thiazole rings is 1. The van der Waals surface area contributed by atoms with Crippen molar-refractivity contribution in [2.45, 2.75) is 157 Å². The number of thioether (sulfide) groups is 1. The molecule has 0 fully saturated rings. The molecule has 316 valence electrons. The Hall–Kier alpha value is -3.50. The van der Waals surface area contributed by atoms with Gasteiger partial charge in [-0.25, -0.2) is 14.6 Å². The standard InChI is InChI=1S/C40H66N4O9S2Si/c1-12-14-15-16-17-21-33(46)54-23-19-18-20-28(25-32(45)51-22-24-56(9,10)11)52-37(49)34(39(3,4)5)44-35(47)29(13-2)43-36(48)30-27-55-31(42-30)26-41-38(50)53-40(6,7)8/h13,18,20,27-28,34H,12,14-17,19,21-26H2,1-11H3,(H,41,50)(H,43,48)(H,44,47)/b20-18+,29-13-/t28-,34-/m1/s1. The van der Waals surface area contributed by atoms with Gasteiger partial charge >= 0.3 is 18.0 Å². The number of alkyl carbamates (subject to hydrolysis) is 1. The van der Waals surface area contributed by atoms with Gasteiger partial charge in [-0.3, -0.25) is 19.2 Å². The van der Waals surface area contributed by atoms with Crippen LogP contribution in [0.4, 0.5) is 4.79 Å². The van der Waals surface area contributed by atoms with Gasteiger partial charge in [0.1, 0.15) is 34.1 Å². The zero-order valence-corrected chi connectivity index (χ0v) is 38.0. The number of allylic oxidation sites excluding steroid dienone is 2. The Morgan fingerprint density at radius 3 is 2.29 bits per heavy atom. The molecule has 1 rings (SSSR count). The van der Waals surface area contributed by atoms with Crippen molar-refractivity contribution < 1.29 is 43.0 Å². The summed E-state index contributed by atoms with van der Waals surface area (Å²) in [5, 5.41) is 9.92. The fraction of sp³-hybridized carbons (Fsp3) is 0.675. The molecular formula is C40H66N4O9S2Si. The minimum atomic E-state index is -1.45. The molecule has 0 saturated carbocycles. The number of hydrogen-bond acceptors (Lipinski definition) is 12. The maximum Gasteiger partial charge on any atom is 0.408 e. The third-order valence-corrected chi connectivity index (χ3v) is 11.4. The summed E-state index contributed by atoms with van der Waals surface area (Å²) in [5.74, 6) is -2.13. The number of unbranched alkanes of at least 4 members (excludes halogenated alkanes) is 4. The summed E-state index contributed by atoms with van der Waals surface area (Å²) in [6.45, 7) is 21.1. The van der Waals surface area contributed by atoms with Gasteiger partial charge in [-0.1, -0.05) is 96.9 Å². The summed E-state index contributed by atoms with van der Waals surface area (Å²) < 4.78 is 16.5. The number of nitrogens with one attached hydrogen (secondary N) is 3. The topological polar surface area (TPSA) is 179 Å². The Labute approximate surface area is 343 Å². The number of esters is 2. The molecule has 56 heavy (non-hydrogen) atoms. The van der Waals surface area contributed by atoms with Crippen LogP contribution >= 0.6 is 23.1 Å². The van der Waals surface area contributed by atoms with E-state index >= 15 is 0 Å². The van der Waals surface area contributed by atoms with E-state index in [9.17, 15) is 28.8 Å². The first-order valence-electron chi connectivity index (χ1n) is 19.4. The molecule has 0 unspecified atom stereocenters. The first-order valence-corrected chi connectivity index (χ1v) is 25.0. The zero-order valence-electron chi connectivity index (χ0n) is 35.4. The van der Waals surface area contributed by atoms with E-state index in [0.717, 1.165) is 43.1 Å². The van der Waals surface area contributed by atoms with Gasteiger partial charge in [0, 0.05) is 25.6 Å². The summed E-state index contributed by atoms with van der Waals surface area (Å²) in [6, 6.07) is -0.379. The molecule has 1 heterocycles. The summed E-state index contributed by atoms with van der Waals surface area (Å²) in [4.78, 5) is 81.7. The molecular weight excluding hydrogens is 773 g/mol. The highest BCUT2D eigenvalue weighted by atomic mass is 32.2. The average molecular weight is 839 g/mol. The van der Waals surface area contributed by atoms with Crippen LogP contribution in [0.2, 0.25) is 25.7 Å². The number of carbonyl (C=O) groups excluding carboxylic acids is 6. The number of ether oxygens (including phenoxy) is 3. The van der Waals surface area contributed by atoms with Crippen molar-refractivity contribution in [2.24, 2.45) is 5.41 Å². The number of carbonyl (C=O) groups is 6. The number of rotatable bonds is 23. The molecule has 0 saturated heterocycles. The lowest BCUT2D eigenvalue weighted by Gasteiger charge is -2.31. The lowest BCUT2D eigenvalue weighted by Crippen LogP contribution is -2.52. The summed E-state index contributed by atoms with van der Waals surface area (Å²) in [5.41, 5.74) is -1.58. The molecule has 1 aromatic rings. The van der Waals surface area contributed by atoms with Crippen LogP contribution in [0.3, 0.4) is 0 Å². The van der Waals surface area contributed by atoms with E-state index in [0.29, 0.717) is 23.6 Å². The molecule has 0 aliphatic heterocycles. The van der Waals surface area contributed by atoms with Crippen LogP contribution in [0.15, 0.2) is 29.3 Å². The summed E-state index contributed by atoms with van der Waals surface area (Å²) in [6.07, 6.45) is 9.45. The molecule has 0 aromatic carbocycles. The van der Waals surface area contributed by atoms with Crippen molar-refractivity contribution in [2.75, 3.05) is 12.4 Å². The van der Waals surface area contributed by atoms with Gasteiger partial charge in [0.05, 0.1) is 19.6 Å². The molecule has 0 aliphatic rings. The van der Waals surface area contributed by atoms with Crippen molar-refractivity contribution >= 4 is 66.1 Å². The molecule has 3 amide bonds. The second-order valence-corrected chi connectivity index (χ2v) is 24.4. The van der Waals surface area contributed by atoms with Gasteiger partial charge in [-0.2, -0.15) is 0 Å². The molecule has 2 atom stereocenters. The highest BCUT2D eigenvalue weighted by Crippen LogP contribution is 2.23. The molecule has 1 aromatic heterocycles. The van der Waals surface area contributed by atoms with Gasteiger partial charge in [-0.05, 0) is 58.1 Å². The number of hydrogen-bond donors (Lipinski definition) is 3. The van der Waals surface area contributed by atoms with Gasteiger partial charge in [0.2, 0.25) is 0 Å². The molecule has 0 radical (unpaired) electrons. The highest BCUT2D eigenvalue weighted by Gasteiger charge is 2.36. The van der Waals surface area contributed by atoms with Crippen LogP contribution in [-0.4, -0.2) is 78.1 Å². The van der Waals surface area contributed by atoms with E-state index in [2.05, 4.69) is 47.5 Å². The Balaban J connectivity index is 2.98. The number of amides is 3. The Morgan fingerprint density at radius 2 is 1.68 bits per heavy atom. The predicted molar refractivity (Wildman–Crippen MR) is 226 cm³/mol. The van der Waals surface area contributed by atoms with Crippen molar-refractivity contribution in [3.8, 4) is 0 Å². The van der Waals surface area contributed by atoms with E-state index in [4.69, 9.17) is 14.2 Å². The Morgan fingerprint density at radius 1 is 1.00 bits per heavy atom. The normalized spacial score (nSPS) is 13.4. The first kappa shape index (κ1) is 50.5. The molecule has 3 N–H and O–H groups in total. The third kappa shape index (κ3) is 22.9. The Kier molecular flexibility index (Phi) is 22.5. The van der Waals surface area contributed by atoms with Gasteiger partial charge in [-0.15, -0.1) is 11.3 Å². The lowest BCUT2D eigenvalue weighted by molar-refractivity contribution is -0.157. The van der Waals surface area contributed by atoms with E-state index in [1.54, 1.807) is 60.6 Å². The van der Waals surface area contributed by atoms with Crippen LogP contribution in [0.25, 0.3) is 0 Å². The van der Waals surface area contributed by atoms with E-state index < -0.39 is 61.1 Å². The molecule has 0 bridgehead atoms. The van der Waals surface area contributed by atoms with Gasteiger partial charge in [0.15, 0.2) is 5.12 Å². The van der Waals surface area contributed by atoms with Crippen molar-refractivity contribution in [3.05, 3.63) is 40.0 Å². The van der Waals surface area contributed by atoms with Crippen molar-refractivity contribution in [1.29, 1.82) is 0 Å². The SMILES string of the molecule is C/C=C(\NC(=O)c1csc(CNC(=O)OC(C)(C)C)n1)C(=O)N[C@H](C(=O)O[C@H](/C=C/CCSC(=O)CCCCCCC)CC(=O)OCC[Si](C)(C)C)C(C)(C)C. The van der Waals surface area contributed by atoms with Gasteiger partial charge < -0.3 is 30.2 Å². The minimum absolute atomic E-state index is 0.0338.